The molecule has 1 aliphatic heterocycles. The van der Waals surface area contributed by atoms with E-state index in [1.807, 2.05) is 0 Å². The highest BCUT2D eigenvalue weighted by Crippen LogP contribution is 2.09. The number of amides is 2. The van der Waals surface area contributed by atoms with Crippen LogP contribution in [0.2, 0.25) is 0 Å². The van der Waals surface area contributed by atoms with E-state index in [0.717, 1.165) is 0 Å². The SMILES string of the molecule is O=C(O)CCC[C@@H](NC(=O)NC1CCS(=O)CC1)C(=O)O. The molecule has 21 heavy (non-hydrogen) atoms. The van der Waals surface area contributed by atoms with Crippen molar-refractivity contribution in [3.05, 3.63) is 0 Å². The molecule has 0 aromatic heterocycles. The summed E-state index contributed by atoms with van der Waals surface area (Å²) in [6.07, 6.45) is 1.31. The lowest BCUT2D eigenvalue weighted by molar-refractivity contribution is -0.140. The third kappa shape index (κ3) is 7.07. The van der Waals surface area contributed by atoms with E-state index in [2.05, 4.69) is 10.6 Å². The van der Waals surface area contributed by atoms with Crippen LogP contribution in [0.4, 0.5) is 4.79 Å². The van der Waals surface area contributed by atoms with Gasteiger partial charge in [-0.3, -0.25) is 9.00 Å². The minimum Gasteiger partial charge on any atom is -0.481 e. The quantitative estimate of drug-likeness (QED) is 0.518. The summed E-state index contributed by atoms with van der Waals surface area (Å²) >= 11 is 0. The fraction of sp³-hybridized carbons (Fsp3) is 0.750. The molecule has 8 nitrogen and oxygen atoms in total. The summed E-state index contributed by atoms with van der Waals surface area (Å²) in [7, 11) is -0.824. The molecule has 120 valence electrons. The van der Waals surface area contributed by atoms with Crippen molar-refractivity contribution >= 4 is 28.8 Å². The zero-order valence-corrected chi connectivity index (χ0v) is 12.4. The molecule has 0 aliphatic carbocycles. The van der Waals surface area contributed by atoms with Crippen molar-refractivity contribution in [3.63, 3.8) is 0 Å². The van der Waals surface area contributed by atoms with E-state index in [-0.39, 0.29) is 25.3 Å². The van der Waals surface area contributed by atoms with Crippen LogP contribution in [0.15, 0.2) is 0 Å². The normalized spacial score (nSPS) is 23.0. The first-order chi connectivity index (χ1) is 9.88. The van der Waals surface area contributed by atoms with E-state index in [9.17, 15) is 18.6 Å². The third-order valence-corrected chi connectivity index (χ3v) is 4.59. The van der Waals surface area contributed by atoms with Crippen molar-refractivity contribution in [3.8, 4) is 0 Å². The molecular weight excluding hydrogens is 300 g/mol. The predicted octanol–water partition coefficient (Wildman–Crippen LogP) is -0.0952. The van der Waals surface area contributed by atoms with E-state index >= 15 is 0 Å². The topological polar surface area (TPSA) is 133 Å². The Morgan fingerprint density at radius 2 is 1.81 bits per heavy atom. The van der Waals surface area contributed by atoms with Crippen LogP contribution in [0.1, 0.15) is 32.1 Å². The van der Waals surface area contributed by atoms with E-state index in [0.29, 0.717) is 24.3 Å². The maximum absolute atomic E-state index is 11.7. The molecule has 1 fully saturated rings. The molecule has 0 spiro atoms. The van der Waals surface area contributed by atoms with Crippen LogP contribution in [0.3, 0.4) is 0 Å². The van der Waals surface area contributed by atoms with Gasteiger partial charge in [0.2, 0.25) is 0 Å². The molecule has 1 heterocycles. The fourth-order valence-corrected chi connectivity index (χ4v) is 3.34. The lowest BCUT2D eigenvalue weighted by Gasteiger charge is -2.23. The average Bonchev–Trinajstić information content (AvgIpc) is 2.39. The molecule has 1 aliphatic rings. The number of nitrogens with one attached hydrogen (secondary N) is 2. The molecule has 0 aromatic carbocycles. The summed E-state index contributed by atoms with van der Waals surface area (Å²) in [5, 5.41) is 22.5. The molecule has 0 unspecified atom stereocenters. The maximum Gasteiger partial charge on any atom is 0.326 e. The van der Waals surface area contributed by atoms with Gasteiger partial charge in [-0.2, -0.15) is 0 Å². The number of carboxylic acid groups (broad SMARTS) is 2. The zero-order chi connectivity index (χ0) is 15.8. The number of carbonyl (C=O) groups is 3. The van der Waals surface area contributed by atoms with Gasteiger partial charge in [0.05, 0.1) is 0 Å². The van der Waals surface area contributed by atoms with Crippen LogP contribution >= 0.6 is 0 Å². The van der Waals surface area contributed by atoms with Gasteiger partial charge in [-0.05, 0) is 25.7 Å². The van der Waals surface area contributed by atoms with Gasteiger partial charge in [-0.25, -0.2) is 9.59 Å². The highest BCUT2D eigenvalue weighted by Gasteiger charge is 2.23. The smallest absolute Gasteiger partial charge is 0.326 e. The molecule has 2 amide bonds. The summed E-state index contributed by atoms with van der Waals surface area (Å²) in [4.78, 5) is 33.1. The van der Waals surface area contributed by atoms with Crippen molar-refractivity contribution in [2.75, 3.05) is 11.5 Å². The minimum atomic E-state index is -1.19. The Morgan fingerprint density at radius 3 is 2.33 bits per heavy atom. The molecule has 0 bridgehead atoms. The highest BCUT2D eigenvalue weighted by molar-refractivity contribution is 7.85. The van der Waals surface area contributed by atoms with Gasteiger partial charge >= 0.3 is 18.0 Å². The number of hydrogen-bond acceptors (Lipinski definition) is 4. The maximum atomic E-state index is 11.7. The molecule has 0 saturated carbocycles. The summed E-state index contributed by atoms with van der Waals surface area (Å²) < 4.78 is 11.2. The van der Waals surface area contributed by atoms with E-state index < -0.39 is 34.8 Å². The van der Waals surface area contributed by atoms with Gasteiger partial charge in [0.25, 0.3) is 0 Å². The fourth-order valence-electron chi connectivity index (χ4n) is 2.04. The van der Waals surface area contributed by atoms with Gasteiger partial charge in [-0.15, -0.1) is 0 Å². The molecule has 1 saturated heterocycles. The predicted molar refractivity (Wildman–Crippen MR) is 75.5 cm³/mol. The Morgan fingerprint density at radius 1 is 1.19 bits per heavy atom. The van der Waals surface area contributed by atoms with Gasteiger partial charge in [-0.1, -0.05) is 0 Å². The van der Waals surface area contributed by atoms with Gasteiger partial charge in [0, 0.05) is 34.8 Å². The average molecular weight is 320 g/mol. The number of carboxylic acids is 2. The second-order valence-corrected chi connectivity index (χ2v) is 6.61. The Labute approximate surface area is 124 Å². The lowest BCUT2D eigenvalue weighted by atomic mass is 10.1. The molecular formula is C12H20N2O6S. The van der Waals surface area contributed by atoms with Crippen LogP contribution < -0.4 is 10.6 Å². The first kappa shape index (κ1) is 17.4. The van der Waals surface area contributed by atoms with Crippen molar-refractivity contribution in [1.82, 2.24) is 10.6 Å². The van der Waals surface area contributed by atoms with Gasteiger partial charge < -0.3 is 20.8 Å². The summed E-state index contributed by atoms with van der Waals surface area (Å²) in [5.74, 6) is -1.13. The van der Waals surface area contributed by atoms with Crippen LogP contribution in [0.25, 0.3) is 0 Å². The van der Waals surface area contributed by atoms with Crippen LogP contribution in [0.5, 0.6) is 0 Å². The first-order valence-corrected chi connectivity index (χ1v) is 8.24. The standard InChI is InChI=1S/C12H20N2O6S/c15-10(16)3-1-2-9(11(17)18)14-12(19)13-8-4-6-21(20)7-5-8/h8-9H,1-7H2,(H,15,16)(H,17,18)(H2,13,14,19)/t8?,9-,21?/m1/s1. The van der Waals surface area contributed by atoms with Crippen LogP contribution in [0, 0.1) is 0 Å². The number of hydrogen-bond donors (Lipinski definition) is 4. The van der Waals surface area contributed by atoms with Crippen LogP contribution in [-0.4, -0.2) is 56.0 Å². The molecule has 0 radical (unpaired) electrons. The zero-order valence-electron chi connectivity index (χ0n) is 11.5. The third-order valence-electron chi connectivity index (χ3n) is 3.21. The lowest BCUT2D eigenvalue weighted by Crippen LogP contribution is -2.50. The molecule has 9 heteroatoms. The second-order valence-electron chi connectivity index (χ2n) is 4.92. The Bertz CT molecular complexity index is 418. The number of carbonyl (C=O) groups excluding carboxylic acids is 1. The minimum absolute atomic E-state index is 0.0593. The van der Waals surface area contributed by atoms with Gasteiger partial charge in [0.1, 0.15) is 6.04 Å². The monoisotopic (exact) mass is 320 g/mol. The van der Waals surface area contributed by atoms with Crippen molar-refractivity contribution in [2.24, 2.45) is 0 Å². The largest absolute Gasteiger partial charge is 0.481 e. The van der Waals surface area contributed by atoms with Crippen molar-refractivity contribution in [2.45, 2.75) is 44.2 Å². The number of urea groups is 1. The van der Waals surface area contributed by atoms with Crippen molar-refractivity contribution < 1.29 is 28.8 Å². The van der Waals surface area contributed by atoms with Crippen LogP contribution in [-0.2, 0) is 20.4 Å². The molecule has 1 rings (SSSR count). The van der Waals surface area contributed by atoms with Gasteiger partial charge in [0.15, 0.2) is 0 Å². The first-order valence-electron chi connectivity index (χ1n) is 6.75. The Kier molecular flexibility index (Phi) is 7.13. The second kappa shape index (κ2) is 8.60. The highest BCUT2D eigenvalue weighted by atomic mass is 32.2. The summed E-state index contributed by atoms with van der Waals surface area (Å²) in [6, 6.07) is -1.80. The number of aliphatic carboxylic acids is 2. The van der Waals surface area contributed by atoms with E-state index in [1.165, 1.54) is 0 Å². The number of rotatable bonds is 7. The molecule has 0 aromatic rings. The van der Waals surface area contributed by atoms with Crippen molar-refractivity contribution in [1.29, 1.82) is 0 Å². The van der Waals surface area contributed by atoms with E-state index in [4.69, 9.17) is 10.2 Å². The Balaban J connectivity index is 2.36. The summed E-state index contributed by atoms with van der Waals surface area (Å²) in [6.45, 7) is 0. The molecule has 1 atom stereocenters. The Hall–Kier alpha value is -1.64. The summed E-state index contributed by atoms with van der Waals surface area (Å²) in [5.41, 5.74) is 0. The molecule has 4 N–H and O–H groups in total. The van der Waals surface area contributed by atoms with E-state index in [1.54, 1.807) is 0 Å².